The lowest BCUT2D eigenvalue weighted by Gasteiger charge is -2.36. The van der Waals surface area contributed by atoms with Crippen molar-refractivity contribution in [3.63, 3.8) is 0 Å². The topological polar surface area (TPSA) is 9.23 Å². The Morgan fingerprint density at radius 1 is 1.25 bits per heavy atom. The van der Waals surface area contributed by atoms with Crippen molar-refractivity contribution in [2.24, 2.45) is 5.41 Å². The molecule has 0 aromatic heterocycles. The van der Waals surface area contributed by atoms with E-state index in [1.807, 2.05) is 6.61 Å². The predicted molar refractivity (Wildman–Crippen MR) is 31.2 cm³/mol. The van der Waals surface area contributed by atoms with Crippen LogP contribution < -0.4 is 0 Å². The van der Waals surface area contributed by atoms with Crippen LogP contribution in [0.5, 0.6) is 0 Å². The molecule has 0 aromatic carbocycles. The molecule has 2 fully saturated rings. The first-order chi connectivity index (χ1) is 3.91. The highest BCUT2D eigenvalue weighted by molar-refractivity contribution is 4.97. The Bertz CT molecular complexity index is 86.6. The summed E-state index contributed by atoms with van der Waals surface area (Å²) in [4.78, 5) is 0. The first kappa shape index (κ1) is 4.80. The minimum Gasteiger partial charge on any atom is -0.374 e. The average molecular weight is 111 g/mol. The quantitative estimate of drug-likeness (QED) is 0.462. The van der Waals surface area contributed by atoms with Gasteiger partial charge >= 0.3 is 0 Å². The standard InChI is InChI=1S/C7H11O/c1-2-4-7(3-1)5-8-6-7/h5H,1-4,6H2. The van der Waals surface area contributed by atoms with Crippen LogP contribution in [0.1, 0.15) is 25.7 Å². The largest absolute Gasteiger partial charge is 0.374 e. The maximum Gasteiger partial charge on any atom is 0.0921 e. The lowest BCUT2D eigenvalue weighted by atomic mass is 9.85. The lowest BCUT2D eigenvalue weighted by Crippen LogP contribution is -2.34. The van der Waals surface area contributed by atoms with Crippen molar-refractivity contribution in [2.45, 2.75) is 25.7 Å². The summed E-state index contributed by atoms with van der Waals surface area (Å²) in [5.74, 6) is 0. The Balaban J connectivity index is 2.01. The van der Waals surface area contributed by atoms with Gasteiger partial charge in [-0.2, -0.15) is 0 Å². The van der Waals surface area contributed by atoms with E-state index in [0.29, 0.717) is 5.41 Å². The van der Waals surface area contributed by atoms with Crippen molar-refractivity contribution in [3.05, 3.63) is 6.61 Å². The van der Waals surface area contributed by atoms with E-state index < -0.39 is 0 Å². The van der Waals surface area contributed by atoms with E-state index >= 15 is 0 Å². The van der Waals surface area contributed by atoms with Gasteiger partial charge in [0.15, 0.2) is 0 Å². The van der Waals surface area contributed by atoms with E-state index in [9.17, 15) is 0 Å². The van der Waals surface area contributed by atoms with Gasteiger partial charge < -0.3 is 4.74 Å². The van der Waals surface area contributed by atoms with E-state index in [0.717, 1.165) is 6.61 Å². The molecule has 45 valence electrons. The van der Waals surface area contributed by atoms with Gasteiger partial charge in [-0.05, 0) is 12.8 Å². The second kappa shape index (κ2) is 1.47. The molecule has 0 aromatic rings. The van der Waals surface area contributed by atoms with E-state index in [2.05, 4.69) is 0 Å². The third kappa shape index (κ3) is 0.510. The zero-order chi connectivity index (χ0) is 5.45. The first-order valence-electron chi connectivity index (χ1n) is 3.37. The fraction of sp³-hybridized carbons (Fsp3) is 0.857. The van der Waals surface area contributed by atoms with Crippen molar-refractivity contribution in [1.29, 1.82) is 0 Å². The van der Waals surface area contributed by atoms with Gasteiger partial charge in [0.05, 0.1) is 13.2 Å². The van der Waals surface area contributed by atoms with Crippen LogP contribution in [-0.4, -0.2) is 6.61 Å². The summed E-state index contributed by atoms with van der Waals surface area (Å²) in [7, 11) is 0. The summed E-state index contributed by atoms with van der Waals surface area (Å²) < 4.78 is 5.04. The van der Waals surface area contributed by atoms with Crippen LogP contribution in [0.2, 0.25) is 0 Å². The fourth-order valence-electron chi connectivity index (χ4n) is 1.66. The molecule has 1 heteroatoms. The molecule has 1 heterocycles. The first-order valence-corrected chi connectivity index (χ1v) is 3.37. The molecule has 2 rings (SSSR count). The maximum absolute atomic E-state index is 5.04. The molecule has 0 atom stereocenters. The van der Waals surface area contributed by atoms with E-state index in [-0.39, 0.29) is 0 Å². The fourth-order valence-corrected chi connectivity index (χ4v) is 1.66. The van der Waals surface area contributed by atoms with Crippen LogP contribution in [0.15, 0.2) is 0 Å². The van der Waals surface area contributed by atoms with Crippen LogP contribution in [-0.2, 0) is 4.74 Å². The summed E-state index contributed by atoms with van der Waals surface area (Å²) in [6.07, 6.45) is 5.60. The van der Waals surface area contributed by atoms with Gasteiger partial charge in [-0.3, -0.25) is 0 Å². The SMILES string of the molecule is [CH]1OCC12CCCC2. The molecule has 1 nitrogen and oxygen atoms in total. The third-order valence-electron chi connectivity index (χ3n) is 2.30. The van der Waals surface area contributed by atoms with Crippen molar-refractivity contribution < 1.29 is 4.74 Å². The molecule has 1 aliphatic carbocycles. The Morgan fingerprint density at radius 2 is 1.88 bits per heavy atom. The minimum atomic E-state index is 0.569. The van der Waals surface area contributed by atoms with Gasteiger partial charge in [-0.1, -0.05) is 12.8 Å². The zero-order valence-electron chi connectivity index (χ0n) is 5.02. The van der Waals surface area contributed by atoms with E-state index in [1.165, 1.54) is 25.7 Å². The zero-order valence-corrected chi connectivity index (χ0v) is 5.02. The number of ether oxygens (including phenoxy) is 1. The van der Waals surface area contributed by atoms with Gasteiger partial charge in [0.1, 0.15) is 0 Å². The highest BCUT2D eigenvalue weighted by atomic mass is 16.5. The second-order valence-electron chi connectivity index (χ2n) is 3.00. The Kier molecular flexibility index (Phi) is 0.884. The van der Waals surface area contributed by atoms with Gasteiger partial charge in [0.25, 0.3) is 0 Å². The number of hydrogen-bond acceptors (Lipinski definition) is 1. The molecule has 2 aliphatic rings. The molecule has 1 radical (unpaired) electrons. The highest BCUT2D eigenvalue weighted by Gasteiger charge is 2.41. The molecule has 1 spiro atoms. The number of rotatable bonds is 0. The Hall–Kier alpha value is -0.0400. The smallest absolute Gasteiger partial charge is 0.0921 e. The van der Waals surface area contributed by atoms with Gasteiger partial charge in [0, 0.05) is 5.41 Å². The Labute approximate surface area is 50.0 Å². The normalized spacial score (nSPS) is 33.0. The Morgan fingerprint density at radius 3 is 2.12 bits per heavy atom. The molecular formula is C7H11O. The van der Waals surface area contributed by atoms with E-state index in [1.54, 1.807) is 0 Å². The third-order valence-corrected chi connectivity index (χ3v) is 2.30. The molecule has 0 N–H and O–H groups in total. The molecule has 0 unspecified atom stereocenters. The summed E-state index contributed by atoms with van der Waals surface area (Å²) >= 11 is 0. The van der Waals surface area contributed by atoms with Crippen LogP contribution in [0.25, 0.3) is 0 Å². The minimum absolute atomic E-state index is 0.569. The van der Waals surface area contributed by atoms with Crippen molar-refractivity contribution in [1.82, 2.24) is 0 Å². The summed E-state index contributed by atoms with van der Waals surface area (Å²) in [6.45, 7) is 3.05. The molecule has 0 bridgehead atoms. The van der Waals surface area contributed by atoms with Crippen LogP contribution in [0, 0.1) is 12.0 Å². The van der Waals surface area contributed by atoms with Crippen LogP contribution >= 0.6 is 0 Å². The van der Waals surface area contributed by atoms with Crippen molar-refractivity contribution in [3.8, 4) is 0 Å². The monoisotopic (exact) mass is 111 g/mol. The van der Waals surface area contributed by atoms with Gasteiger partial charge in [-0.25, -0.2) is 0 Å². The molecule has 1 saturated heterocycles. The highest BCUT2D eigenvalue weighted by Crippen LogP contribution is 2.46. The van der Waals surface area contributed by atoms with Gasteiger partial charge in [0.2, 0.25) is 0 Å². The summed E-state index contributed by atoms with van der Waals surface area (Å²) in [6, 6.07) is 0. The van der Waals surface area contributed by atoms with Gasteiger partial charge in [-0.15, -0.1) is 0 Å². The van der Waals surface area contributed by atoms with Crippen LogP contribution in [0.3, 0.4) is 0 Å². The predicted octanol–water partition coefficient (Wildman–Crippen LogP) is 1.74. The summed E-state index contributed by atoms with van der Waals surface area (Å²) in [5.41, 5.74) is 0.569. The average Bonchev–Trinajstić information content (AvgIpc) is 2.07. The molecule has 1 aliphatic heterocycles. The second-order valence-corrected chi connectivity index (χ2v) is 3.00. The molecule has 0 amide bonds. The molecule has 1 saturated carbocycles. The van der Waals surface area contributed by atoms with Crippen molar-refractivity contribution >= 4 is 0 Å². The maximum atomic E-state index is 5.04. The molecule has 8 heavy (non-hydrogen) atoms. The lowest BCUT2D eigenvalue weighted by molar-refractivity contribution is -0.0440. The summed E-state index contributed by atoms with van der Waals surface area (Å²) in [5, 5.41) is 0. The number of hydrogen-bond donors (Lipinski definition) is 0. The molecular weight excluding hydrogens is 100 g/mol. The van der Waals surface area contributed by atoms with Crippen LogP contribution in [0.4, 0.5) is 0 Å². The van der Waals surface area contributed by atoms with E-state index in [4.69, 9.17) is 4.74 Å². The van der Waals surface area contributed by atoms with Crippen molar-refractivity contribution in [2.75, 3.05) is 6.61 Å².